The molecule has 0 atom stereocenters. The molecule has 2 N–H and O–H groups in total. The molecule has 0 aliphatic heterocycles. The lowest BCUT2D eigenvalue weighted by Crippen LogP contribution is -2.20. The molecule has 0 aliphatic carbocycles. The molecule has 0 unspecified atom stereocenters. The van der Waals surface area contributed by atoms with Gasteiger partial charge in [0.15, 0.2) is 5.76 Å². The number of hydrogen-bond donors (Lipinski definition) is 2. The first kappa shape index (κ1) is 25.6. The van der Waals surface area contributed by atoms with Crippen molar-refractivity contribution in [3.63, 3.8) is 0 Å². The Labute approximate surface area is 226 Å². The molecule has 0 bridgehead atoms. The minimum atomic E-state index is -0.328. The van der Waals surface area contributed by atoms with Crippen LogP contribution in [0.5, 0.6) is 0 Å². The molecule has 194 valence electrons. The molecule has 0 saturated carbocycles. The summed E-state index contributed by atoms with van der Waals surface area (Å²) in [6, 6.07) is 28.2. The van der Waals surface area contributed by atoms with Crippen LogP contribution in [0.2, 0.25) is 0 Å². The van der Waals surface area contributed by atoms with Crippen LogP contribution < -0.4 is 10.7 Å². The van der Waals surface area contributed by atoms with Crippen LogP contribution in [0.25, 0.3) is 22.2 Å². The molecule has 0 saturated heterocycles. The largest absolute Gasteiger partial charge is 0.459 e. The first-order valence-corrected chi connectivity index (χ1v) is 12.8. The van der Waals surface area contributed by atoms with Crippen molar-refractivity contribution in [3.8, 4) is 11.3 Å². The molecule has 0 spiro atoms. The minimum Gasteiger partial charge on any atom is -0.459 e. The number of aromatic nitrogens is 1. The van der Waals surface area contributed by atoms with Crippen LogP contribution in [0.1, 0.15) is 52.3 Å². The Morgan fingerprint density at radius 3 is 2.38 bits per heavy atom. The third-order valence-corrected chi connectivity index (χ3v) is 6.38. The quantitative estimate of drug-likeness (QED) is 0.174. The molecule has 5 aromatic rings. The van der Waals surface area contributed by atoms with Crippen molar-refractivity contribution in [3.05, 3.63) is 120 Å². The summed E-state index contributed by atoms with van der Waals surface area (Å²) >= 11 is 0. The highest BCUT2D eigenvalue weighted by Crippen LogP contribution is 2.25. The maximum Gasteiger partial charge on any atom is 0.291 e. The molecule has 0 aliphatic rings. The van der Waals surface area contributed by atoms with Gasteiger partial charge in [-0.3, -0.25) is 9.59 Å². The van der Waals surface area contributed by atoms with E-state index in [0.717, 1.165) is 40.6 Å². The Kier molecular flexibility index (Phi) is 7.59. The summed E-state index contributed by atoms with van der Waals surface area (Å²) in [6.07, 6.45) is 3.56. The van der Waals surface area contributed by atoms with Gasteiger partial charge < -0.3 is 9.73 Å². The van der Waals surface area contributed by atoms with Crippen molar-refractivity contribution in [1.82, 2.24) is 10.4 Å². The van der Waals surface area contributed by atoms with Gasteiger partial charge in [0.05, 0.1) is 28.7 Å². The molecule has 0 fully saturated rings. The van der Waals surface area contributed by atoms with Gasteiger partial charge in [-0.25, -0.2) is 10.4 Å². The fraction of sp³-hybridized carbons (Fsp3) is 0.125. The van der Waals surface area contributed by atoms with Crippen molar-refractivity contribution in [2.24, 2.45) is 5.10 Å². The highest BCUT2D eigenvalue weighted by Gasteiger charge is 2.14. The first-order valence-electron chi connectivity index (χ1n) is 12.8. The number of nitrogens with zero attached hydrogens (tertiary/aromatic N) is 2. The van der Waals surface area contributed by atoms with Gasteiger partial charge in [-0.15, -0.1) is 0 Å². The van der Waals surface area contributed by atoms with Gasteiger partial charge in [0, 0.05) is 16.6 Å². The number of nitrogens with one attached hydrogen (secondary N) is 2. The van der Waals surface area contributed by atoms with Gasteiger partial charge in [0.2, 0.25) is 0 Å². The normalized spacial score (nSPS) is 11.4. The Bertz CT molecular complexity index is 1640. The monoisotopic (exact) mass is 516 g/mol. The fourth-order valence-electron chi connectivity index (χ4n) is 4.30. The van der Waals surface area contributed by atoms with Gasteiger partial charge in [-0.05, 0) is 60.9 Å². The number of amides is 2. The first-order chi connectivity index (χ1) is 19.0. The van der Waals surface area contributed by atoms with E-state index in [0.29, 0.717) is 17.0 Å². The zero-order valence-electron chi connectivity index (χ0n) is 21.8. The zero-order valence-corrected chi connectivity index (χ0v) is 21.8. The summed E-state index contributed by atoms with van der Waals surface area (Å²) in [5, 5.41) is 7.87. The fourth-order valence-corrected chi connectivity index (χ4v) is 4.30. The van der Waals surface area contributed by atoms with E-state index in [1.807, 2.05) is 61.5 Å². The van der Waals surface area contributed by atoms with Crippen molar-refractivity contribution in [2.75, 3.05) is 5.32 Å². The molecule has 3 aromatic carbocycles. The van der Waals surface area contributed by atoms with Crippen molar-refractivity contribution in [1.29, 1.82) is 0 Å². The Morgan fingerprint density at radius 1 is 0.897 bits per heavy atom. The number of benzene rings is 3. The number of para-hydroxylation sites is 1. The van der Waals surface area contributed by atoms with E-state index in [-0.39, 0.29) is 17.6 Å². The van der Waals surface area contributed by atoms with Crippen LogP contribution in [0.3, 0.4) is 0 Å². The number of hydrogen-bond acceptors (Lipinski definition) is 5. The number of rotatable bonds is 8. The number of fused-ring (bicyclic) bond motifs is 1. The molecule has 39 heavy (non-hydrogen) atoms. The highest BCUT2D eigenvalue weighted by molar-refractivity contribution is 6.08. The van der Waals surface area contributed by atoms with Gasteiger partial charge in [-0.2, -0.15) is 5.10 Å². The van der Waals surface area contributed by atoms with E-state index < -0.39 is 0 Å². The van der Waals surface area contributed by atoms with Crippen molar-refractivity contribution < 1.29 is 14.0 Å². The average Bonchev–Trinajstić information content (AvgIpc) is 3.52. The summed E-state index contributed by atoms with van der Waals surface area (Å²) in [5.74, 6) is -0.412. The van der Waals surface area contributed by atoms with Gasteiger partial charge in [0.1, 0.15) is 0 Å². The van der Waals surface area contributed by atoms with Gasteiger partial charge in [0.25, 0.3) is 11.8 Å². The molecule has 2 heterocycles. The number of aryl methyl sites for hydroxylation is 1. The van der Waals surface area contributed by atoms with Crippen LogP contribution in [-0.4, -0.2) is 22.5 Å². The van der Waals surface area contributed by atoms with E-state index in [4.69, 9.17) is 9.40 Å². The zero-order chi connectivity index (χ0) is 27.2. The van der Waals surface area contributed by atoms with Crippen molar-refractivity contribution in [2.45, 2.75) is 26.7 Å². The topological polar surface area (TPSA) is 96.6 Å². The number of carbonyl (C=O) groups is 2. The summed E-state index contributed by atoms with van der Waals surface area (Å²) in [4.78, 5) is 30.3. The standard InChI is InChI=1S/C32H28N4O3/c1-3-7-22-11-13-24(14-12-22)29-20-27(26-8-4-5-9-28(26)34-29)31(37)36-35-21(2)23-15-17-25(18-16-23)33-32(38)30-10-6-19-39-30/h4-6,8-20H,3,7H2,1-2H3,(H,33,38)(H,36,37)/b35-21-. The number of furan rings is 1. The maximum absolute atomic E-state index is 13.3. The number of anilines is 1. The van der Waals surface area contributed by atoms with E-state index in [2.05, 4.69) is 34.9 Å². The summed E-state index contributed by atoms with van der Waals surface area (Å²) in [7, 11) is 0. The van der Waals surface area contributed by atoms with E-state index in [9.17, 15) is 9.59 Å². The van der Waals surface area contributed by atoms with Crippen molar-refractivity contribution >= 4 is 34.1 Å². The van der Waals surface area contributed by atoms with Crippen LogP contribution in [0.15, 0.2) is 107 Å². The average molecular weight is 517 g/mol. The maximum atomic E-state index is 13.3. The Balaban J connectivity index is 1.34. The minimum absolute atomic E-state index is 0.236. The molecular weight excluding hydrogens is 488 g/mol. The van der Waals surface area contributed by atoms with E-state index in [1.165, 1.54) is 11.8 Å². The summed E-state index contributed by atoms with van der Waals surface area (Å²) in [5.41, 5.74) is 8.95. The number of hydrazone groups is 1. The smallest absolute Gasteiger partial charge is 0.291 e. The number of carbonyl (C=O) groups excluding carboxylic acids is 2. The molecule has 7 heteroatoms. The second-order valence-electron chi connectivity index (χ2n) is 9.17. The SMILES string of the molecule is CCCc1ccc(-c2cc(C(=O)N/N=C(/C)c3ccc(NC(=O)c4ccco4)cc3)c3ccccc3n2)cc1. The molecular formula is C32H28N4O3. The second-order valence-corrected chi connectivity index (χ2v) is 9.17. The Morgan fingerprint density at radius 2 is 1.67 bits per heavy atom. The predicted molar refractivity (Wildman–Crippen MR) is 154 cm³/mol. The molecule has 2 amide bonds. The van der Waals surface area contributed by atoms with Crippen LogP contribution in [-0.2, 0) is 6.42 Å². The summed E-state index contributed by atoms with van der Waals surface area (Å²) in [6.45, 7) is 3.97. The molecule has 7 nitrogen and oxygen atoms in total. The lowest BCUT2D eigenvalue weighted by Gasteiger charge is -2.10. The van der Waals surface area contributed by atoms with E-state index in [1.54, 1.807) is 24.3 Å². The lowest BCUT2D eigenvalue weighted by molar-refractivity contribution is 0.0955. The second kappa shape index (κ2) is 11.6. The van der Waals surface area contributed by atoms with Crippen LogP contribution in [0, 0.1) is 0 Å². The van der Waals surface area contributed by atoms with E-state index >= 15 is 0 Å². The molecule has 5 rings (SSSR count). The predicted octanol–water partition coefficient (Wildman–Crippen LogP) is 6.85. The molecule has 0 radical (unpaired) electrons. The Hall–Kier alpha value is -5.04. The molecule has 2 aromatic heterocycles. The highest BCUT2D eigenvalue weighted by atomic mass is 16.3. The van der Waals surface area contributed by atoms with Gasteiger partial charge >= 0.3 is 0 Å². The van der Waals surface area contributed by atoms with Crippen LogP contribution >= 0.6 is 0 Å². The third kappa shape index (κ3) is 5.93. The van der Waals surface area contributed by atoms with Gasteiger partial charge in [-0.1, -0.05) is 67.9 Å². The third-order valence-electron chi connectivity index (χ3n) is 6.38. The summed E-state index contributed by atoms with van der Waals surface area (Å²) < 4.78 is 5.12. The lowest BCUT2D eigenvalue weighted by atomic mass is 10.0. The van der Waals surface area contributed by atoms with Crippen LogP contribution in [0.4, 0.5) is 5.69 Å². The number of pyridine rings is 1.